The molecule has 4 heterocycles. The number of aromatic nitrogens is 3. The first-order chi connectivity index (χ1) is 17.9. The van der Waals surface area contributed by atoms with Crippen LogP contribution in [0.2, 0.25) is 10.0 Å². The van der Waals surface area contributed by atoms with E-state index >= 15 is 0 Å². The van der Waals surface area contributed by atoms with E-state index in [1.807, 2.05) is 26.8 Å². The van der Waals surface area contributed by atoms with Crippen LogP contribution in [0.25, 0.3) is 5.69 Å². The van der Waals surface area contributed by atoms with E-state index in [0.29, 0.717) is 70.3 Å². The van der Waals surface area contributed by atoms with Crippen molar-refractivity contribution in [3.8, 4) is 11.4 Å². The zero-order valence-electron chi connectivity index (χ0n) is 21.9. The van der Waals surface area contributed by atoms with Gasteiger partial charge in [-0.2, -0.15) is 4.40 Å². The average Bonchev–Trinajstić information content (AvgIpc) is 3.16. The van der Waals surface area contributed by atoms with Crippen LogP contribution in [0.15, 0.2) is 45.9 Å². The number of halogens is 2. The molecule has 1 atom stereocenters. The van der Waals surface area contributed by atoms with E-state index in [9.17, 15) is 9.00 Å². The van der Waals surface area contributed by atoms with E-state index in [2.05, 4.69) is 9.88 Å². The molecule has 8 nitrogen and oxygen atoms in total. The maximum absolute atomic E-state index is 13.5. The summed E-state index contributed by atoms with van der Waals surface area (Å²) < 4.78 is 25.2. The van der Waals surface area contributed by atoms with Gasteiger partial charge in [-0.1, -0.05) is 29.3 Å². The van der Waals surface area contributed by atoms with Crippen LogP contribution in [-0.4, -0.2) is 47.9 Å². The number of pyridine rings is 1. The molecule has 1 saturated heterocycles. The summed E-state index contributed by atoms with van der Waals surface area (Å²) >= 11 is 12.6. The standard InChI is InChI=1S/C27H29Cl2N5O3S/c1-16-24(31-17(2)34(25(16)35)20-8-6-7-19(28)22(20)29)33-13-10-27(11-14-33)23(32-38(36)26(3,4)5)18-9-12-30-15-21(18)37-27/h6-9,12,15H,10-11,13-14H2,1-5H3/t38-/m0/s1. The van der Waals surface area contributed by atoms with Crippen molar-refractivity contribution in [3.63, 3.8) is 0 Å². The van der Waals surface area contributed by atoms with Gasteiger partial charge < -0.3 is 9.64 Å². The zero-order chi connectivity index (χ0) is 27.4. The van der Waals surface area contributed by atoms with Crippen molar-refractivity contribution in [2.24, 2.45) is 4.40 Å². The number of ether oxygens (including phenoxy) is 1. The number of aryl methyl sites for hydroxylation is 1. The molecule has 1 aromatic carbocycles. The first kappa shape index (κ1) is 26.8. The summed E-state index contributed by atoms with van der Waals surface area (Å²) in [7, 11) is -1.44. The second kappa shape index (κ2) is 9.77. The van der Waals surface area contributed by atoms with Gasteiger partial charge in [0.2, 0.25) is 0 Å². The number of hydrogen-bond donors (Lipinski definition) is 0. The summed E-state index contributed by atoms with van der Waals surface area (Å²) in [6.45, 7) is 10.4. The zero-order valence-corrected chi connectivity index (χ0v) is 24.2. The van der Waals surface area contributed by atoms with Crippen molar-refractivity contribution in [1.82, 2.24) is 14.5 Å². The Morgan fingerprint density at radius 1 is 1.13 bits per heavy atom. The fraction of sp³-hybridized carbons (Fsp3) is 0.407. The molecule has 1 spiro atoms. The lowest BCUT2D eigenvalue weighted by atomic mass is 9.85. The van der Waals surface area contributed by atoms with Gasteiger partial charge in [-0.05, 0) is 52.8 Å². The Hall–Kier alpha value is -2.75. The molecule has 0 N–H and O–H groups in total. The molecule has 0 bridgehead atoms. The SMILES string of the molecule is Cc1c(N2CCC3(CC2)Oc2cnccc2C3=N[S@@](=O)C(C)(C)C)nc(C)n(-c2cccc(Cl)c2Cl)c1=O. The van der Waals surface area contributed by atoms with Crippen molar-refractivity contribution in [3.05, 3.63) is 74.0 Å². The summed E-state index contributed by atoms with van der Waals surface area (Å²) in [5, 5.41) is 0.677. The lowest BCUT2D eigenvalue weighted by Gasteiger charge is -2.39. The second-order valence-electron chi connectivity index (χ2n) is 10.6. The van der Waals surface area contributed by atoms with Crippen molar-refractivity contribution in [2.75, 3.05) is 18.0 Å². The van der Waals surface area contributed by atoms with Gasteiger partial charge in [0.05, 0.1) is 32.2 Å². The molecule has 3 aromatic rings. The van der Waals surface area contributed by atoms with Gasteiger partial charge in [-0.3, -0.25) is 14.3 Å². The van der Waals surface area contributed by atoms with E-state index in [-0.39, 0.29) is 5.56 Å². The number of nitrogens with zero attached hydrogens (tertiary/aromatic N) is 5. The lowest BCUT2D eigenvalue weighted by Crippen LogP contribution is -2.51. The molecular weight excluding hydrogens is 545 g/mol. The maximum Gasteiger partial charge on any atom is 0.263 e. The predicted octanol–water partition coefficient (Wildman–Crippen LogP) is 5.23. The van der Waals surface area contributed by atoms with E-state index in [0.717, 1.165) is 5.56 Å². The Kier molecular flexibility index (Phi) is 6.90. The highest BCUT2D eigenvalue weighted by molar-refractivity contribution is 7.85. The van der Waals surface area contributed by atoms with Gasteiger partial charge in [0, 0.05) is 37.7 Å². The first-order valence-corrected chi connectivity index (χ1v) is 14.2. The van der Waals surface area contributed by atoms with Crippen molar-refractivity contribution in [2.45, 2.75) is 57.8 Å². The predicted molar refractivity (Wildman–Crippen MR) is 153 cm³/mol. The van der Waals surface area contributed by atoms with Gasteiger partial charge in [0.15, 0.2) is 5.60 Å². The third-order valence-electron chi connectivity index (χ3n) is 6.97. The first-order valence-electron chi connectivity index (χ1n) is 12.4. The smallest absolute Gasteiger partial charge is 0.263 e. The Morgan fingerprint density at radius 2 is 1.84 bits per heavy atom. The van der Waals surface area contributed by atoms with E-state index in [1.165, 1.54) is 4.57 Å². The average molecular weight is 575 g/mol. The number of piperidine rings is 1. The third kappa shape index (κ3) is 4.54. The van der Waals surface area contributed by atoms with Crippen LogP contribution in [0, 0.1) is 13.8 Å². The van der Waals surface area contributed by atoms with E-state index < -0.39 is 21.3 Å². The van der Waals surface area contributed by atoms with Gasteiger partial charge in [-0.15, -0.1) is 0 Å². The number of hydrogen-bond acceptors (Lipinski definition) is 6. The molecule has 0 radical (unpaired) electrons. The molecule has 0 aliphatic carbocycles. The highest BCUT2D eigenvalue weighted by atomic mass is 35.5. The van der Waals surface area contributed by atoms with Crippen LogP contribution < -0.4 is 15.2 Å². The number of benzene rings is 1. The molecule has 2 aliphatic rings. The quantitative estimate of drug-likeness (QED) is 0.426. The summed E-state index contributed by atoms with van der Waals surface area (Å²) in [5.74, 6) is 1.79. The molecule has 2 aromatic heterocycles. The number of fused-ring (bicyclic) bond motifs is 1. The molecule has 38 heavy (non-hydrogen) atoms. The Balaban J connectivity index is 1.47. The van der Waals surface area contributed by atoms with Crippen molar-refractivity contribution < 1.29 is 8.95 Å². The van der Waals surface area contributed by atoms with Crippen molar-refractivity contribution >= 4 is 45.7 Å². The van der Waals surface area contributed by atoms with Gasteiger partial charge in [-0.25, -0.2) is 9.19 Å². The lowest BCUT2D eigenvalue weighted by molar-refractivity contribution is 0.124. The molecule has 0 unspecified atom stereocenters. The molecule has 5 rings (SSSR count). The van der Waals surface area contributed by atoms with Crippen LogP contribution in [0.3, 0.4) is 0 Å². The molecule has 0 saturated carbocycles. The molecule has 0 amide bonds. The molecule has 11 heteroatoms. The molecule has 2 aliphatic heterocycles. The topological polar surface area (TPSA) is 89.7 Å². The normalized spacial score (nSPS) is 18.5. The Bertz CT molecular complexity index is 1540. The van der Waals surface area contributed by atoms with Crippen LogP contribution in [0.1, 0.15) is 50.6 Å². The minimum Gasteiger partial charge on any atom is -0.478 e. The highest BCUT2D eigenvalue weighted by Gasteiger charge is 2.49. The minimum absolute atomic E-state index is 0.199. The fourth-order valence-corrected chi connectivity index (χ4v) is 5.97. The highest BCUT2D eigenvalue weighted by Crippen LogP contribution is 2.42. The monoisotopic (exact) mass is 573 g/mol. The van der Waals surface area contributed by atoms with Crippen LogP contribution in [0.4, 0.5) is 5.82 Å². The van der Waals surface area contributed by atoms with Gasteiger partial charge in [0.1, 0.15) is 34.1 Å². The van der Waals surface area contributed by atoms with Crippen LogP contribution in [0.5, 0.6) is 5.75 Å². The van der Waals surface area contributed by atoms with Gasteiger partial charge in [0.25, 0.3) is 5.56 Å². The maximum atomic E-state index is 13.5. The third-order valence-corrected chi connectivity index (χ3v) is 9.17. The minimum atomic E-state index is -1.44. The second-order valence-corrected chi connectivity index (χ2v) is 13.3. The molecule has 200 valence electrons. The van der Waals surface area contributed by atoms with E-state index in [1.54, 1.807) is 44.4 Å². The van der Waals surface area contributed by atoms with Crippen molar-refractivity contribution in [1.29, 1.82) is 0 Å². The number of rotatable bonds is 3. The molecule has 1 fully saturated rings. The van der Waals surface area contributed by atoms with Crippen LogP contribution >= 0.6 is 23.2 Å². The summed E-state index contributed by atoms with van der Waals surface area (Å²) in [6.07, 6.45) is 4.56. The van der Waals surface area contributed by atoms with E-state index in [4.69, 9.17) is 37.3 Å². The summed E-state index contributed by atoms with van der Waals surface area (Å²) in [6, 6.07) is 7.05. The van der Waals surface area contributed by atoms with Gasteiger partial charge >= 0.3 is 0 Å². The summed E-state index contributed by atoms with van der Waals surface area (Å²) in [4.78, 5) is 24.6. The number of anilines is 1. The largest absolute Gasteiger partial charge is 0.478 e. The fourth-order valence-electron chi connectivity index (χ4n) is 4.89. The summed E-state index contributed by atoms with van der Waals surface area (Å²) in [5.41, 5.74) is 1.64. The Morgan fingerprint density at radius 3 is 2.53 bits per heavy atom. The molecular formula is C27H29Cl2N5O3S. The Labute approximate surface area is 234 Å². The van der Waals surface area contributed by atoms with Crippen LogP contribution in [-0.2, 0) is 11.0 Å².